The number of amides is 2. The summed E-state index contributed by atoms with van der Waals surface area (Å²) >= 11 is 4.71. The average molecular weight is 448 g/mol. The first kappa shape index (κ1) is 20.0. The van der Waals surface area contributed by atoms with Crippen LogP contribution in [0.1, 0.15) is 43.6 Å². The lowest BCUT2D eigenvalue weighted by atomic mass is 9.87. The van der Waals surface area contributed by atoms with Crippen LogP contribution in [-0.4, -0.2) is 35.6 Å². The van der Waals surface area contributed by atoms with Crippen molar-refractivity contribution in [2.45, 2.75) is 38.0 Å². The van der Waals surface area contributed by atoms with Crippen molar-refractivity contribution in [3.8, 4) is 6.07 Å². The van der Waals surface area contributed by atoms with Gasteiger partial charge in [0.15, 0.2) is 0 Å². The van der Waals surface area contributed by atoms with Crippen LogP contribution in [0.15, 0.2) is 39.3 Å². The van der Waals surface area contributed by atoms with Gasteiger partial charge in [-0.1, -0.05) is 52.7 Å². The van der Waals surface area contributed by atoms with E-state index in [-0.39, 0.29) is 29.9 Å². The van der Waals surface area contributed by atoms with Gasteiger partial charge in [0.1, 0.15) is 0 Å². The molecule has 2 amide bonds. The van der Waals surface area contributed by atoms with Crippen molar-refractivity contribution in [3.05, 3.63) is 44.9 Å². The number of allylic oxidation sites excluding steroid dienone is 1. The van der Waals surface area contributed by atoms with Gasteiger partial charge >= 0.3 is 0 Å². The zero-order valence-corrected chi connectivity index (χ0v) is 17.4. The summed E-state index contributed by atoms with van der Waals surface area (Å²) in [6.07, 6.45) is 4.67. The first-order valence-corrected chi connectivity index (χ1v) is 11.0. The zero-order chi connectivity index (χ0) is 19.2. The van der Waals surface area contributed by atoms with Gasteiger partial charge in [0.05, 0.1) is 22.4 Å². The molecule has 0 spiro atoms. The Balaban J connectivity index is 1.76. The maximum absolute atomic E-state index is 12.5. The number of thioether (sulfide) groups is 1. The maximum Gasteiger partial charge on any atom is 0.232 e. The minimum absolute atomic E-state index is 0.0746. The number of rotatable bonds is 4. The predicted molar refractivity (Wildman–Crippen MR) is 110 cm³/mol. The Morgan fingerprint density at radius 2 is 2.04 bits per heavy atom. The highest BCUT2D eigenvalue weighted by molar-refractivity contribution is 9.10. The summed E-state index contributed by atoms with van der Waals surface area (Å²) in [7, 11) is 0. The van der Waals surface area contributed by atoms with Gasteiger partial charge in [-0.25, -0.2) is 0 Å². The molecule has 0 aliphatic carbocycles. The summed E-state index contributed by atoms with van der Waals surface area (Å²) in [5.41, 5.74) is 1.45. The van der Waals surface area contributed by atoms with E-state index >= 15 is 0 Å². The number of nitrogens with one attached hydrogen (secondary N) is 1. The molecule has 1 aromatic carbocycles. The number of carbonyl (C=O) groups is 2. The van der Waals surface area contributed by atoms with Crippen LogP contribution in [0.25, 0.3) is 0 Å². The van der Waals surface area contributed by atoms with Crippen LogP contribution in [0, 0.1) is 11.3 Å². The summed E-state index contributed by atoms with van der Waals surface area (Å²) < 4.78 is 0.911. The quantitative estimate of drug-likeness (QED) is 0.758. The minimum Gasteiger partial charge on any atom is -0.342 e. The first-order valence-electron chi connectivity index (χ1n) is 9.18. The highest BCUT2D eigenvalue weighted by Crippen LogP contribution is 2.36. The van der Waals surface area contributed by atoms with Crippen molar-refractivity contribution in [2.75, 3.05) is 18.8 Å². The van der Waals surface area contributed by atoms with Crippen LogP contribution >= 0.6 is 27.7 Å². The van der Waals surface area contributed by atoms with Crippen molar-refractivity contribution in [1.29, 1.82) is 5.26 Å². The van der Waals surface area contributed by atoms with Crippen LogP contribution in [0.2, 0.25) is 0 Å². The lowest BCUT2D eigenvalue weighted by Crippen LogP contribution is -2.35. The number of carbonyl (C=O) groups excluding carboxylic acids is 2. The van der Waals surface area contributed by atoms with E-state index in [4.69, 9.17) is 0 Å². The third-order valence-corrected chi connectivity index (χ3v) is 6.40. The molecule has 2 aliphatic rings. The third-order valence-electron chi connectivity index (χ3n) is 4.91. The molecule has 0 saturated carbocycles. The number of benzene rings is 1. The van der Waals surface area contributed by atoms with Crippen molar-refractivity contribution >= 4 is 39.5 Å². The van der Waals surface area contributed by atoms with E-state index < -0.39 is 0 Å². The topological polar surface area (TPSA) is 73.2 Å². The molecule has 5 nitrogen and oxygen atoms in total. The van der Waals surface area contributed by atoms with Crippen LogP contribution in [0.5, 0.6) is 0 Å². The minimum atomic E-state index is -0.281. The van der Waals surface area contributed by atoms with E-state index in [1.807, 2.05) is 29.2 Å². The number of halogens is 1. The molecule has 0 radical (unpaired) electrons. The Hall–Kier alpha value is -1.78. The molecule has 0 aromatic heterocycles. The predicted octanol–water partition coefficient (Wildman–Crippen LogP) is 3.92. The molecule has 2 aliphatic heterocycles. The molecule has 1 N–H and O–H groups in total. The van der Waals surface area contributed by atoms with Crippen molar-refractivity contribution in [1.82, 2.24) is 10.2 Å². The molecular weight excluding hydrogens is 426 g/mol. The number of nitriles is 1. The number of hydrogen-bond acceptors (Lipinski definition) is 4. The Morgan fingerprint density at radius 1 is 1.30 bits per heavy atom. The Kier molecular flexibility index (Phi) is 6.97. The summed E-state index contributed by atoms with van der Waals surface area (Å²) in [5.74, 6) is -0.0855. The first-order chi connectivity index (χ1) is 13.1. The largest absolute Gasteiger partial charge is 0.342 e. The van der Waals surface area contributed by atoms with E-state index in [1.54, 1.807) is 0 Å². The fourth-order valence-electron chi connectivity index (χ4n) is 3.49. The van der Waals surface area contributed by atoms with E-state index in [1.165, 1.54) is 24.6 Å². The molecule has 1 fully saturated rings. The van der Waals surface area contributed by atoms with Crippen molar-refractivity contribution in [3.63, 3.8) is 0 Å². The third kappa shape index (κ3) is 5.14. The van der Waals surface area contributed by atoms with Crippen LogP contribution in [0.4, 0.5) is 0 Å². The molecule has 3 rings (SSSR count). The molecule has 2 heterocycles. The monoisotopic (exact) mass is 447 g/mol. The highest BCUT2D eigenvalue weighted by Gasteiger charge is 2.30. The molecule has 142 valence electrons. The van der Waals surface area contributed by atoms with E-state index in [9.17, 15) is 14.9 Å². The Labute approximate surface area is 172 Å². The molecule has 7 heteroatoms. The number of nitrogens with zero attached hydrogens (tertiary/aromatic N) is 2. The van der Waals surface area contributed by atoms with E-state index in [0.717, 1.165) is 36.0 Å². The van der Waals surface area contributed by atoms with Gasteiger partial charge in [0, 0.05) is 29.9 Å². The van der Waals surface area contributed by atoms with Crippen LogP contribution < -0.4 is 5.32 Å². The highest BCUT2D eigenvalue weighted by atomic mass is 79.9. The fourth-order valence-corrected chi connectivity index (χ4v) is 4.88. The van der Waals surface area contributed by atoms with Crippen LogP contribution in [0.3, 0.4) is 0 Å². The van der Waals surface area contributed by atoms with Crippen molar-refractivity contribution in [2.24, 2.45) is 0 Å². The van der Waals surface area contributed by atoms with Crippen LogP contribution in [-0.2, 0) is 9.59 Å². The maximum atomic E-state index is 12.5. The lowest BCUT2D eigenvalue weighted by molar-refractivity contribution is -0.128. The van der Waals surface area contributed by atoms with Gasteiger partial charge in [-0.3, -0.25) is 9.59 Å². The van der Waals surface area contributed by atoms with Gasteiger partial charge in [-0.15, -0.1) is 0 Å². The van der Waals surface area contributed by atoms with Crippen molar-refractivity contribution < 1.29 is 9.59 Å². The fraction of sp³-hybridized carbons (Fsp3) is 0.450. The molecular formula is C20H22BrN3O2S. The summed E-state index contributed by atoms with van der Waals surface area (Å²) in [5, 5.41) is 13.0. The van der Waals surface area contributed by atoms with Gasteiger partial charge < -0.3 is 10.2 Å². The number of hydrogen-bond donors (Lipinski definition) is 1. The van der Waals surface area contributed by atoms with Gasteiger partial charge in [0.25, 0.3) is 0 Å². The molecule has 0 unspecified atom stereocenters. The normalized spacial score (nSPS) is 20.7. The number of likely N-dealkylation sites (tertiary alicyclic amines) is 1. The molecule has 0 bridgehead atoms. The van der Waals surface area contributed by atoms with Gasteiger partial charge in [-0.2, -0.15) is 5.26 Å². The molecule has 1 saturated heterocycles. The second-order valence-electron chi connectivity index (χ2n) is 6.80. The second-order valence-corrected chi connectivity index (χ2v) is 8.70. The zero-order valence-electron chi connectivity index (χ0n) is 15.0. The SMILES string of the molecule is N#CC1=C(SCC(=O)N2CCCCCC2)NC(=O)C[C@H]1c1cccc(Br)c1. The average Bonchev–Trinajstić information content (AvgIpc) is 2.95. The summed E-state index contributed by atoms with van der Waals surface area (Å²) in [4.78, 5) is 26.7. The molecule has 1 aromatic rings. The Morgan fingerprint density at radius 3 is 2.70 bits per heavy atom. The van der Waals surface area contributed by atoms with Gasteiger partial charge in [0.2, 0.25) is 11.8 Å². The second kappa shape index (κ2) is 9.43. The lowest BCUT2D eigenvalue weighted by Gasteiger charge is -2.26. The molecule has 1 atom stereocenters. The standard InChI is InChI=1S/C20H22BrN3O2S/c21-15-7-5-6-14(10-15)16-11-18(25)23-20(17(16)12-22)27-13-19(26)24-8-3-1-2-4-9-24/h5-7,10,16H,1-4,8-9,11,13H2,(H,23,25)/t16-/m0/s1. The Bertz CT molecular complexity index is 795. The van der Waals surface area contributed by atoms with E-state index in [0.29, 0.717) is 10.6 Å². The summed E-state index contributed by atoms with van der Waals surface area (Å²) in [6, 6.07) is 9.94. The molecule has 27 heavy (non-hydrogen) atoms. The van der Waals surface area contributed by atoms with E-state index in [2.05, 4.69) is 27.3 Å². The summed E-state index contributed by atoms with van der Waals surface area (Å²) in [6.45, 7) is 1.60. The van der Waals surface area contributed by atoms with Gasteiger partial charge in [-0.05, 0) is 30.5 Å². The smallest absolute Gasteiger partial charge is 0.232 e.